The number of rotatable bonds is 2. The van der Waals surface area contributed by atoms with E-state index in [1.165, 1.54) is 59.4 Å². The molecule has 0 N–H and O–H groups in total. The van der Waals surface area contributed by atoms with Gasteiger partial charge in [-0.05, 0) is 80.2 Å². The van der Waals surface area contributed by atoms with Crippen molar-refractivity contribution in [2.24, 2.45) is 4.99 Å². The fraction of sp³-hybridized carbons (Fsp3) is 0.348. The molecular formula is C23H23BN2. The molecule has 0 bridgehead atoms. The highest BCUT2D eigenvalue weighted by Crippen LogP contribution is 2.37. The quantitative estimate of drug-likeness (QED) is 0.685. The molecule has 1 aromatic heterocycles. The second-order valence-electron chi connectivity index (χ2n) is 7.64. The lowest BCUT2D eigenvalue weighted by Gasteiger charge is -2.15. The molecule has 128 valence electrons. The number of hydrogen-bond acceptors (Lipinski definition) is 1. The van der Waals surface area contributed by atoms with Gasteiger partial charge in [-0.2, -0.15) is 0 Å². The Kier molecular flexibility index (Phi) is 3.96. The van der Waals surface area contributed by atoms with Crippen molar-refractivity contribution < 1.29 is 0 Å². The standard InChI is InChI=1S/C23H23BN2/c24-26-21-13-7-5-11-18(21)15-22(26)23(16-8-2-1-3-9-16)20-14-17-10-4-6-12-19(17)25-20/h1-3,8-9,14-15H,4-7,10-13H2/b23-20-. The minimum atomic E-state index is 1.08. The Hall–Kier alpha value is -2.29. The fourth-order valence-electron chi connectivity index (χ4n) is 4.61. The first-order valence-electron chi connectivity index (χ1n) is 9.88. The summed E-state index contributed by atoms with van der Waals surface area (Å²) in [4.78, 5) is 5.05. The molecule has 1 aliphatic heterocycles. The van der Waals surface area contributed by atoms with Crippen molar-refractivity contribution in [1.29, 1.82) is 0 Å². The largest absolute Gasteiger partial charge is 0.400 e. The number of fused-ring (bicyclic) bond motifs is 2. The van der Waals surface area contributed by atoms with Crippen LogP contribution in [0, 0.1) is 0 Å². The van der Waals surface area contributed by atoms with Gasteiger partial charge in [0, 0.05) is 22.7 Å². The highest BCUT2D eigenvalue weighted by molar-refractivity contribution is 6.10. The zero-order valence-corrected chi connectivity index (χ0v) is 15.2. The summed E-state index contributed by atoms with van der Waals surface area (Å²) in [6.45, 7) is 0. The van der Waals surface area contributed by atoms with Gasteiger partial charge in [0.05, 0.1) is 5.70 Å². The minimum absolute atomic E-state index is 1.08. The van der Waals surface area contributed by atoms with Crippen LogP contribution in [0.2, 0.25) is 0 Å². The summed E-state index contributed by atoms with van der Waals surface area (Å²) in [5, 5.41) is 0. The molecule has 1 aromatic carbocycles. The third-order valence-corrected chi connectivity index (χ3v) is 5.96. The van der Waals surface area contributed by atoms with Gasteiger partial charge >= 0.3 is 0 Å². The maximum atomic E-state index is 6.59. The van der Waals surface area contributed by atoms with Crippen LogP contribution < -0.4 is 0 Å². The summed E-state index contributed by atoms with van der Waals surface area (Å²) in [5.74, 6) is 0. The molecule has 0 unspecified atom stereocenters. The lowest BCUT2D eigenvalue weighted by atomic mass is 9.93. The van der Waals surface area contributed by atoms with E-state index >= 15 is 0 Å². The third-order valence-electron chi connectivity index (χ3n) is 5.96. The van der Waals surface area contributed by atoms with Gasteiger partial charge in [-0.3, -0.25) is 4.99 Å². The van der Waals surface area contributed by atoms with E-state index in [1.807, 2.05) is 4.48 Å². The predicted octanol–water partition coefficient (Wildman–Crippen LogP) is 5.01. The summed E-state index contributed by atoms with van der Waals surface area (Å²) in [5.41, 5.74) is 10.0. The van der Waals surface area contributed by atoms with Gasteiger partial charge in [-0.15, -0.1) is 0 Å². The topological polar surface area (TPSA) is 17.3 Å². The molecule has 0 saturated heterocycles. The van der Waals surface area contributed by atoms with E-state index in [4.69, 9.17) is 13.0 Å². The summed E-state index contributed by atoms with van der Waals surface area (Å²) in [6, 6.07) is 12.9. The number of hydrogen-bond donors (Lipinski definition) is 0. The molecule has 3 heteroatoms. The fourth-order valence-corrected chi connectivity index (χ4v) is 4.61. The first kappa shape index (κ1) is 15.9. The van der Waals surface area contributed by atoms with Crippen LogP contribution in [0.1, 0.15) is 61.0 Å². The molecule has 0 spiro atoms. The Bertz CT molecular complexity index is 920. The molecular weight excluding hydrogens is 315 g/mol. The Morgan fingerprint density at radius 3 is 2.50 bits per heavy atom. The van der Waals surface area contributed by atoms with Crippen molar-refractivity contribution >= 4 is 19.3 Å². The number of nitrogens with zero attached hydrogens (tertiary/aromatic N) is 2. The lowest BCUT2D eigenvalue weighted by Crippen LogP contribution is -2.08. The molecule has 26 heavy (non-hydrogen) atoms. The number of aromatic nitrogens is 1. The van der Waals surface area contributed by atoms with E-state index in [0.717, 1.165) is 37.1 Å². The van der Waals surface area contributed by atoms with Gasteiger partial charge in [-0.1, -0.05) is 30.3 Å². The van der Waals surface area contributed by atoms with Crippen LogP contribution in [0.25, 0.3) is 5.57 Å². The van der Waals surface area contributed by atoms with Crippen molar-refractivity contribution in [3.8, 4) is 0 Å². The number of benzene rings is 1. The van der Waals surface area contributed by atoms with Crippen molar-refractivity contribution in [3.05, 3.63) is 76.3 Å². The number of aryl methyl sites for hydroxylation is 1. The van der Waals surface area contributed by atoms with Gasteiger partial charge in [0.25, 0.3) is 0 Å². The van der Waals surface area contributed by atoms with Crippen molar-refractivity contribution in [2.75, 3.05) is 0 Å². The molecule has 3 aliphatic rings. The number of aliphatic imine (C=N–C) groups is 1. The van der Waals surface area contributed by atoms with E-state index in [1.54, 1.807) is 0 Å². The van der Waals surface area contributed by atoms with Gasteiger partial charge < -0.3 is 4.48 Å². The molecule has 5 rings (SSSR count). The van der Waals surface area contributed by atoms with Gasteiger partial charge in [0.2, 0.25) is 7.98 Å². The van der Waals surface area contributed by atoms with E-state index < -0.39 is 0 Å². The van der Waals surface area contributed by atoms with Crippen molar-refractivity contribution in [3.63, 3.8) is 0 Å². The van der Waals surface area contributed by atoms with Crippen LogP contribution >= 0.6 is 0 Å². The van der Waals surface area contributed by atoms with E-state index in [9.17, 15) is 0 Å². The Morgan fingerprint density at radius 1 is 0.923 bits per heavy atom. The second-order valence-corrected chi connectivity index (χ2v) is 7.64. The molecule has 1 saturated carbocycles. The molecule has 2 radical (unpaired) electrons. The van der Waals surface area contributed by atoms with Gasteiger partial charge in [-0.25, -0.2) is 0 Å². The normalized spacial score (nSPS) is 20.9. The summed E-state index contributed by atoms with van der Waals surface area (Å²) >= 11 is 0. The monoisotopic (exact) mass is 338 g/mol. The first-order chi connectivity index (χ1) is 12.8. The van der Waals surface area contributed by atoms with E-state index in [0.29, 0.717) is 0 Å². The lowest BCUT2D eigenvalue weighted by molar-refractivity contribution is 0.671. The second kappa shape index (κ2) is 6.46. The predicted molar refractivity (Wildman–Crippen MR) is 109 cm³/mol. The Balaban J connectivity index is 1.72. The molecule has 2 aliphatic carbocycles. The maximum absolute atomic E-state index is 6.59. The van der Waals surface area contributed by atoms with Crippen molar-refractivity contribution in [1.82, 2.24) is 4.48 Å². The minimum Gasteiger partial charge on any atom is -0.400 e. The molecule has 2 nitrogen and oxygen atoms in total. The number of allylic oxidation sites excluding steroid dienone is 2. The Labute approximate surface area is 156 Å². The van der Waals surface area contributed by atoms with Gasteiger partial charge in [0.1, 0.15) is 0 Å². The molecule has 0 atom stereocenters. The summed E-state index contributed by atoms with van der Waals surface area (Å²) in [7, 11) is 6.59. The molecule has 2 heterocycles. The summed E-state index contributed by atoms with van der Waals surface area (Å²) in [6.07, 6.45) is 11.8. The van der Waals surface area contributed by atoms with Crippen molar-refractivity contribution in [2.45, 2.75) is 51.4 Å². The molecule has 2 aromatic rings. The maximum Gasteiger partial charge on any atom is 0.234 e. The molecule has 0 amide bonds. The third kappa shape index (κ3) is 2.61. The highest BCUT2D eigenvalue weighted by Gasteiger charge is 2.24. The van der Waals surface area contributed by atoms with Gasteiger partial charge in [0.15, 0.2) is 0 Å². The Morgan fingerprint density at radius 2 is 1.69 bits per heavy atom. The average molecular weight is 338 g/mol. The first-order valence-corrected chi connectivity index (χ1v) is 9.88. The van der Waals surface area contributed by atoms with Crippen LogP contribution in [-0.4, -0.2) is 18.2 Å². The average Bonchev–Trinajstić information content (AvgIpc) is 3.25. The zero-order chi connectivity index (χ0) is 17.5. The van der Waals surface area contributed by atoms with Crippen LogP contribution in [0.4, 0.5) is 0 Å². The van der Waals surface area contributed by atoms with E-state index in [2.05, 4.69) is 42.5 Å². The van der Waals surface area contributed by atoms with Crippen LogP contribution in [0.5, 0.6) is 0 Å². The highest BCUT2D eigenvalue weighted by atomic mass is 14.9. The molecule has 1 fully saturated rings. The van der Waals surface area contributed by atoms with Crippen LogP contribution in [-0.2, 0) is 12.8 Å². The van der Waals surface area contributed by atoms with Crippen LogP contribution in [0.15, 0.2) is 58.7 Å². The summed E-state index contributed by atoms with van der Waals surface area (Å²) < 4.78 is 1.94. The smallest absolute Gasteiger partial charge is 0.234 e. The zero-order valence-electron chi connectivity index (χ0n) is 15.2. The SMILES string of the molecule is [B]n1c(/C(=C2/C=C3CCCCC3=N2)c2ccccc2)cc2c1CCCC2. The van der Waals surface area contributed by atoms with Crippen LogP contribution in [0.3, 0.4) is 0 Å². The van der Waals surface area contributed by atoms with E-state index in [-0.39, 0.29) is 0 Å².